The van der Waals surface area contributed by atoms with Crippen LogP contribution in [0, 0.1) is 5.41 Å². The van der Waals surface area contributed by atoms with Crippen LogP contribution in [0.25, 0.3) is 10.8 Å². The molecule has 0 saturated carbocycles. The standard InChI is InChI=1S/C21H20N2O2/c22-20(23)18-10-8-15-12-17(9-7-16(15)13-18)19(21(24)25)11-6-14-4-2-1-3-5-14/h1-5,7-10,12-13,19H,6,11H2,(H3,22,23)(H,24,25). The summed E-state index contributed by atoms with van der Waals surface area (Å²) in [5, 5.41) is 19.1. The molecular weight excluding hydrogens is 312 g/mol. The molecule has 3 aromatic carbocycles. The molecule has 4 N–H and O–H groups in total. The number of fused-ring (bicyclic) bond motifs is 1. The predicted octanol–water partition coefficient (Wildman–Crippen LogP) is 3.92. The monoisotopic (exact) mass is 332 g/mol. The molecule has 0 radical (unpaired) electrons. The number of aryl methyl sites for hydroxylation is 1. The molecule has 3 rings (SSSR count). The van der Waals surface area contributed by atoms with Crippen LogP contribution in [0.15, 0.2) is 66.7 Å². The fourth-order valence-electron chi connectivity index (χ4n) is 3.04. The molecule has 0 aliphatic heterocycles. The van der Waals surface area contributed by atoms with Crippen molar-refractivity contribution < 1.29 is 9.90 Å². The molecular formula is C21H20N2O2. The van der Waals surface area contributed by atoms with E-state index in [0.29, 0.717) is 12.0 Å². The number of nitrogens with one attached hydrogen (secondary N) is 1. The molecule has 0 heterocycles. The second-order valence-electron chi connectivity index (χ2n) is 6.15. The summed E-state index contributed by atoms with van der Waals surface area (Å²) in [7, 11) is 0. The van der Waals surface area contributed by atoms with Gasteiger partial charge in [0.2, 0.25) is 0 Å². The molecule has 0 bridgehead atoms. The molecule has 126 valence electrons. The van der Waals surface area contributed by atoms with Gasteiger partial charge in [-0.3, -0.25) is 10.2 Å². The average Bonchev–Trinajstić information content (AvgIpc) is 2.62. The van der Waals surface area contributed by atoms with Gasteiger partial charge in [-0.25, -0.2) is 0 Å². The Labute approximate surface area is 146 Å². The van der Waals surface area contributed by atoms with E-state index in [1.807, 2.05) is 60.7 Å². The van der Waals surface area contributed by atoms with Gasteiger partial charge < -0.3 is 10.8 Å². The number of aliphatic carboxylic acids is 1. The molecule has 0 fully saturated rings. The zero-order valence-corrected chi connectivity index (χ0v) is 13.8. The van der Waals surface area contributed by atoms with Crippen molar-refractivity contribution >= 4 is 22.6 Å². The lowest BCUT2D eigenvalue weighted by Gasteiger charge is -2.14. The lowest BCUT2D eigenvalue weighted by atomic mass is 9.90. The number of carboxylic acid groups (broad SMARTS) is 1. The molecule has 0 aliphatic carbocycles. The minimum atomic E-state index is -0.810. The van der Waals surface area contributed by atoms with E-state index in [4.69, 9.17) is 11.1 Å². The van der Waals surface area contributed by atoms with Crippen molar-refractivity contribution in [3.8, 4) is 0 Å². The van der Waals surface area contributed by atoms with E-state index in [9.17, 15) is 9.90 Å². The first-order chi connectivity index (χ1) is 12.0. The Bertz CT molecular complexity index is 920. The normalized spacial score (nSPS) is 12.0. The van der Waals surface area contributed by atoms with Gasteiger partial charge >= 0.3 is 5.97 Å². The molecule has 4 heteroatoms. The van der Waals surface area contributed by atoms with Crippen LogP contribution in [0.3, 0.4) is 0 Å². The van der Waals surface area contributed by atoms with Crippen LogP contribution >= 0.6 is 0 Å². The number of rotatable bonds is 6. The number of hydrogen-bond donors (Lipinski definition) is 3. The van der Waals surface area contributed by atoms with Crippen LogP contribution in [0.4, 0.5) is 0 Å². The Morgan fingerprint density at radius 1 is 1.00 bits per heavy atom. The summed E-state index contributed by atoms with van der Waals surface area (Å²) in [6.07, 6.45) is 1.27. The van der Waals surface area contributed by atoms with Crippen molar-refractivity contribution in [1.29, 1.82) is 5.41 Å². The second-order valence-corrected chi connectivity index (χ2v) is 6.15. The van der Waals surface area contributed by atoms with Gasteiger partial charge in [-0.1, -0.05) is 60.7 Å². The van der Waals surface area contributed by atoms with Crippen molar-refractivity contribution in [2.75, 3.05) is 0 Å². The lowest BCUT2D eigenvalue weighted by Crippen LogP contribution is -2.13. The Kier molecular flexibility index (Phi) is 4.80. The Hall–Kier alpha value is -3.14. The maximum atomic E-state index is 11.8. The third-order valence-electron chi connectivity index (χ3n) is 4.44. The number of nitrogens with two attached hydrogens (primary N) is 1. The second kappa shape index (κ2) is 7.18. The molecule has 0 saturated heterocycles. The highest BCUT2D eigenvalue weighted by Gasteiger charge is 2.20. The first kappa shape index (κ1) is 16.7. The molecule has 4 nitrogen and oxygen atoms in total. The summed E-state index contributed by atoms with van der Waals surface area (Å²) in [5.41, 5.74) is 8.13. The molecule has 3 aromatic rings. The van der Waals surface area contributed by atoms with E-state index in [-0.39, 0.29) is 5.84 Å². The predicted molar refractivity (Wildman–Crippen MR) is 100 cm³/mol. The zero-order chi connectivity index (χ0) is 17.8. The third-order valence-corrected chi connectivity index (χ3v) is 4.44. The molecule has 0 aromatic heterocycles. The highest BCUT2D eigenvalue weighted by Crippen LogP contribution is 2.26. The summed E-state index contributed by atoms with van der Waals surface area (Å²) in [6, 6.07) is 21.1. The average molecular weight is 332 g/mol. The van der Waals surface area contributed by atoms with Gasteiger partial charge in [0.05, 0.1) is 5.92 Å². The fourth-order valence-corrected chi connectivity index (χ4v) is 3.04. The van der Waals surface area contributed by atoms with E-state index in [0.717, 1.165) is 28.3 Å². The molecule has 25 heavy (non-hydrogen) atoms. The largest absolute Gasteiger partial charge is 0.481 e. The molecule has 0 amide bonds. The van der Waals surface area contributed by atoms with Crippen LogP contribution in [0.5, 0.6) is 0 Å². The van der Waals surface area contributed by atoms with Crippen LogP contribution in [-0.4, -0.2) is 16.9 Å². The summed E-state index contributed by atoms with van der Waals surface area (Å²) in [4.78, 5) is 11.8. The van der Waals surface area contributed by atoms with Crippen LogP contribution in [-0.2, 0) is 11.2 Å². The number of carbonyl (C=O) groups is 1. The summed E-state index contributed by atoms with van der Waals surface area (Å²) >= 11 is 0. The first-order valence-corrected chi connectivity index (χ1v) is 8.19. The number of nitrogen functional groups attached to an aromatic ring is 1. The van der Waals surface area contributed by atoms with Crippen molar-refractivity contribution in [3.05, 3.63) is 83.4 Å². The van der Waals surface area contributed by atoms with Gasteiger partial charge in [0, 0.05) is 5.56 Å². The van der Waals surface area contributed by atoms with Crippen molar-refractivity contribution in [1.82, 2.24) is 0 Å². The summed E-state index contributed by atoms with van der Waals surface area (Å²) in [6.45, 7) is 0. The minimum Gasteiger partial charge on any atom is -0.481 e. The van der Waals surface area contributed by atoms with E-state index in [1.54, 1.807) is 6.07 Å². The van der Waals surface area contributed by atoms with Gasteiger partial charge in [-0.15, -0.1) is 0 Å². The van der Waals surface area contributed by atoms with E-state index in [1.165, 1.54) is 0 Å². The number of carboxylic acids is 1. The topological polar surface area (TPSA) is 87.2 Å². The van der Waals surface area contributed by atoms with Crippen LogP contribution in [0.2, 0.25) is 0 Å². The highest BCUT2D eigenvalue weighted by atomic mass is 16.4. The molecule has 0 aliphatic rings. The number of amidine groups is 1. The maximum Gasteiger partial charge on any atom is 0.310 e. The molecule has 0 spiro atoms. The number of benzene rings is 3. The Morgan fingerprint density at radius 2 is 1.68 bits per heavy atom. The molecule has 1 unspecified atom stereocenters. The quantitative estimate of drug-likeness (QED) is 0.472. The van der Waals surface area contributed by atoms with Crippen LogP contribution < -0.4 is 5.73 Å². The SMILES string of the molecule is N=C(N)c1ccc2cc(C(CCc3ccccc3)C(=O)O)ccc2c1. The Balaban J connectivity index is 1.87. The van der Waals surface area contributed by atoms with Gasteiger partial charge in [-0.2, -0.15) is 0 Å². The van der Waals surface area contributed by atoms with E-state index < -0.39 is 11.9 Å². The van der Waals surface area contributed by atoms with Gasteiger partial charge in [-0.05, 0) is 40.8 Å². The fraction of sp³-hybridized carbons (Fsp3) is 0.143. The van der Waals surface area contributed by atoms with Crippen molar-refractivity contribution in [2.24, 2.45) is 5.73 Å². The number of hydrogen-bond acceptors (Lipinski definition) is 2. The first-order valence-electron chi connectivity index (χ1n) is 8.19. The smallest absolute Gasteiger partial charge is 0.310 e. The lowest BCUT2D eigenvalue weighted by molar-refractivity contribution is -0.138. The minimum absolute atomic E-state index is 0.0252. The zero-order valence-electron chi connectivity index (χ0n) is 13.8. The third kappa shape index (κ3) is 3.86. The van der Waals surface area contributed by atoms with E-state index in [2.05, 4.69) is 0 Å². The van der Waals surface area contributed by atoms with Crippen molar-refractivity contribution in [2.45, 2.75) is 18.8 Å². The highest BCUT2D eigenvalue weighted by molar-refractivity contribution is 5.99. The maximum absolute atomic E-state index is 11.8. The van der Waals surface area contributed by atoms with Gasteiger partial charge in [0.25, 0.3) is 0 Å². The summed E-state index contributed by atoms with van der Waals surface area (Å²) in [5.74, 6) is -1.33. The van der Waals surface area contributed by atoms with Gasteiger partial charge in [0.1, 0.15) is 5.84 Å². The van der Waals surface area contributed by atoms with Crippen LogP contribution in [0.1, 0.15) is 29.0 Å². The summed E-state index contributed by atoms with van der Waals surface area (Å²) < 4.78 is 0. The Morgan fingerprint density at radius 3 is 2.36 bits per heavy atom. The van der Waals surface area contributed by atoms with Crippen molar-refractivity contribution in [3.63, 3.8) is 0 Å². The van der Waals surface area contributed by atoms with Gasteiger partial charge in [0.15, 0.2) is 0 Å². The van der Waals surface area contributed by atoms with E-state index >= 15 is 0 Å². The molecule has 1 atom stereocenters.